The number of carbonyl (C=O) groups excluding carboxylic acids is 1. The lowest BCUT2D eigenvalue weighted by Gasteiger charge is -2.29. The first kappa shape index (κ1) is 16.0. The Morgan fingerprint density at radius 1 is 1.24 bits per heavy atom. The standard InChI is InChI=1S/C17H17ClN6O/c1-17(2,3)12-8-20-21-24(12)14-15-22(4)16(25)13-10(18)6-5-7-11(13)23(15)9-19-14/h5-9H,1-4H3/p+1. The van der Waals surface area contributed by atoms with E-state index >= 15 is 0 Å². The van der Waals surface area contributed by atoms with E-state index in [0.29, 0.717) is 16.4 Å². The van der Waals surface area contributed by atoms with Crippen LogP contribution in [0.5, 0.6) is 0 Å². The Morgan fingerprint density at radius 3 is 2.72 bits per heavy atom. The summed E-state index contributed by atoms with van der Waals surface area (Å²) in [6, 6.07) is 5.46. The number of hydrogen-bond donors (Lipinski definition) is 1. The highest BCUT2D eigenvalue weighted by molar-refractivity contribution is 6.34. The number of halogens is 1. The highest BCUT2D eigenvalue weighted by Crippen LogP contribution is 2.31. The number of nitrogens with one attached hydrogen (secondary N) is 1. The van der Waals surface area contributed by atoms with Gasteiger partial charge in [-0.25, -0.2) is 4.90 Å². The van der Waals surface area contributed by atoms with Gasteiger partial charge in [0.1, 0.15) is 5.56 Å². The number of rotatable bonds is 1. The maximum Gasteiger partial charge on any atom is 0.269 e. The van der Waals surface area contributed by atoms with Gasteiger partial charge in [0.05, 0.1) is 16.9 Å². The molecule has 8 heteroatoms. The molecule has 25 heavy (non-hydrogen) atoms. The van der Waals surface area contributed by atoms with Gasteiger partial charge in [0, 0.05) is 18.5 Å². The molecule has 1 aromatic heterocycles. The lowest BCUT2D eigenvalue weighted by molar-refractivity contribution is -0.685. The SMILES string of the molecule is CN1C(=O)c2c(Cl)cccc2[NH+]2C=NC(n3nncc3C(C)(C)C)=C12. The van der Waals surface area contributed by atoms with Crippen LogP contribution in [-0.2, 0) is 5.41 Å². The Morgan fingerprint density at radius 2 is 2.00 bits per heavy atom. The fourth-order valence-corrected chi connectivity index (χ4v) is 3.44. The van der Waals surface area contributed by atoms with Gasteiger partial charge < -0.3 is 0 Å². The van der Waals surface area contributed by atoms with Crippen LogP contribution in [0.4, 0.5) is 5.69 Å². The predicted octanol–water partition coefficient (Wildman–Crippen LogP) is 1.66. The first-order chi connectivity index (χ1) is 11.8. The Balaban J connectivity index is 1.94. The normalized spacial score (nSPS) is 19.5. The van der Waals surface area contributed by atoms with Gasteiger partial charge in [-0.15, -0.1) is 5.10 Å². The van der Waals surface area contributed by atoms with Crippen LogP contribution in [0.1, 0.15) is 36.8 Å². The third-order valence-electron chi connectivity index (χ3n) is 4.46. The molecule has 1 N–H and O–H groups in total. The zero-order valence-electron chi connectivity index (χ0n) is 14.4. The summed E-state index contributed by atoms with van der Waals surface area (Å²) in [5.41, 5.74) is 2.06. The van der Waals surface area contributed by atoms with Gasteiger partial charge in [0.15, 0.2) is 5.69 Å². The van der Waals surface area contributed by atoms with Gasteiger partial charge in [-0.1, -0.05) is 43.7 Å². The van der Waals surface area contributed by atoms with Crippen molar-refractivity contribution in [3.8, 4) is 0 Å². The minimum absolute atomic E-state index is 0.153. The molecule has 0 spiro atoms. The minimum atomic E-state index is -0.159. The largest absolute Gasteiger partial charge is 0.269 e. The maximum atomic E-state index is 12.9. The molecule has 1 aromatic carbocycles. The van der Waals surface area contributed by atoms with Gasteiger partial charge in [-0.05, 0) is 6.07 Å². The average Bonchev–Trinajstić information content (AvgIpc) is 3.18. The van der Waals surface area contributed by atoms with Crippen LogP contribution in [0.2, 0.25) is 5.02 Å². The molecular weight excluding hydrogens is 340 g/mol. The van der Waals surface area contributed by atoms with Crippen LogP contribution in [-0.4, -0.2) is 39.2 Å². The molecule has 1 atom stereocenters. The van der Waals surface area contributed by atoms with Crippen molar-refractivity contribution in [3.63, 3.8) is 0 Å². The van der Waals surface area contributed by atoms with Crippen molar-refractivity contribution in [1.29, 1.82) is 0 Å². The summed E-state index contributed by atoms with van der Waals surface area (Å²) in [6.07, 6.45) is 3.49. The second-order valence-electron chi connectivity index (χ2n) is 7.15. The van der Waals surface area contributed by atoms with Crippen LogP contribution in [0.15, 0.2) is 35.2 Å². The molecule has 0 aliphatic carbocycles. The zero-order chi connectivity index (χ0) is 17.9. The molecule has 0 saturated carbocycles. The van der Waals surface area contributed by atoms with E-state index in [0.717, 1.165) is 22.1 Å². The summed E-state index contributed by atoms with van der Waals surface area (Å²) in [5, 5.41) is 8.69. The topological polar surface area (TPSA) is 67.8 Å². The van der Waals surface area contributed by atoms with E-state index in [1.165, 1.54) is 0 Å². The Labute approximate surface area is 150 Å². The first-order valence-corrected chi connectivity index (χ1v) is 8.32. The smallest absolute Gasteiger partial charge is 0.268 e. The lowest BCUT2D eigenvalue weighted by atomic mass is 9.93. The Bertz CT molecular complexity index is 952. The lowest BCUT2D eigenvalue weighted by Crippen LogP contribution is -3.06. The van der Waals surface area contributed by atoms with Gasteiger partial charge in [0.2, 0.25) is 12.2 Å². The molecule has 0 fully saturated rings. The molecule has 1 unspecified atom stereocenters. The van der Waals surface area contributed by atoms with Crippen molar-refractivity contribution in [2.45, 2.75) is 26.2 Å². The van der Waals surface area contributed by atoms with Gasteiger partial charge in [-0.3, -0.25) is 9.69 Å². The average molecular weight is 358 g/mol. The van der Waals surface area contributed by atoms with Crippen LogP contribution in [0, 0.1) is 0 Å². The van der Waals surface area contributed by atoms with Crippen molar-refractivity contribution in [2.24, 2.45) is 4.99 Å². The van der Waals surface area contributed by atoms with E-state index < -0.39 is 0 Å². The predicted molar refractivity (Wildman–Crippen MR) is 94.6 cm³/mol. The zero-order valence-corrected chi connectivity index (χ0v) is 15.2. The van der Waals surface area contributed by atoms with E-state index in [1.54, 1.807) is 35.2 Å². The van der Waals surface area contributed by atoms with E-state index in [4.69, 9.17) is 11.6 Å². The summed E-state index contributed by atoms with van der Waals surface area (Å²) in [5.74, 6) is 1.16. The molecule has 4 rings (SSSR count). The molecule has 3 heterocycles. The number of aliphatic imine (C=N–C) groups is 1. The van der Waals surface area contributed by atoms with Crippen LogP contribution >= 0.6 is 11.6 Å². The van der Waals surface area contributed by atoms with E-state index in [1.807, 2.05) is 12.1 Å². The van der Waals surface area contributed by atoms with Crippen LogP contribution in [0.25, 0.3) is 5.82 Å². The first-order valence-electron chi connectivity index (χ1n) is 7.95. The van der Waals surface area contributed by atoms with Gasteiger partial charge in [-0.2, -0.15) is 9.67 Å². The number of quaternary nitrogens is 1. The highest BCUT2D eigenvalue weighted by atomic mass is 35.5. The third-order valence-corrected chi connectivity index (χ3v) is 4.77. The van der Waals surface area contributed by atoms with Crippen LogP contribution < -0.4 is 4.90 Å². The second-order valence-corrected chi connectivity index (χ2v) is 7.56. The van der Waals surface area contributed by atoms with E-state index in [9.17, 15) is 4.79 Å². The van der Waals surface area contributed by atoms with Crippen molar-refractivity contribution < 1.29 is 9.69 Å². The summed E-state index contributed by atoms with van der Waals surface area (Å²) in [7, 11) is 1.73. The molecule has 7 nitrogen and oxygen atoms in total. The summed E-state index contributed by atoms with van der Waals surface area (Å²) >= 11 is 6.26. The second kappa shape index (κ2) is 5.24. The van der Waals surface area contributed by atoms with Gasteiger partial charge in [0.25, 0.3) is 11.7 Å². The molecule has 128 valence electrons. The number of amides is 1. The van der Waals surface area contributed by atoms with E-state index in [-0.39, 0.29) is 11.3 Å². The minimum Gasteiger partial charge on any atom is -0.268 e. The molecule has 2 aliphatic heterocycles. The molecular formula is C17H18ClN6O+. The van der Waals surface area contributed by atoms with Crippen LogP contribution in [0.3, 0.4) is 0 Å². The fraction of sp³-hybridized carbons (Fsp3) is 0.294. The van der Waals surface area contributed by atoms with Gasteiger partial charge >= 0.3 is 0 Å². The van der Waals surface area contributed by atoms with E-state index in [2.05, 4.69) is 36.1 Å². The molecule has 2 aromatic rings. The van der Waals surface area contributed by atoms with Crippen molar-refractivity contribution in [3.05, 3.63) is 46.5 Å². The number of aromatic nitrogens is 3. The molecule has 0 saturated heterocycles. The molecule has 0 bridgehead atoms. The summed E-state index contributed by atoms with van der Waals surface area (Å²) in [6.45, 7) is 6.25. The summed E-state index contributed by atoms with van der Waals surface area (Å²) in [4.78, 5) is 19.9. The Kier molecular flexibility index (Phi) is 3.35. The number of fused-ring (bicyclic) bond motifs is 3. The van der Waals surface area contributed by atoms with Crippen molar-refractivity contribution in [1.82, 2.24) is 19.9 Å². The molecule has 1 amide bonds. The monoisotopic (exact) mass is 357 g/mol. The Hall–Kier alpha value is -2.51. The number of hydrogen-bond acceptors (Lipinski definition) is 4. The van der Waals surface area contributed by atoms with Crippen molar-refractivity contribution in [2.75, 3.05) is 7.05 Å². The van der Waals surface area contributed by atoms with Crippen molar-refractivity contribution >= 4 is 35.4 Å². The summed E-state index contributed by atoms with van der Waals surface area (Å²) < 4.78 is 1.71. The third kappa shape index (κ3) is 2.23. The molecule has 0 radical (unpaired) electrons. The highest BCUT2D eigenvalue weighted by Gasteiger charge is 2.44. The fourth-order valence-electron chi connectivity index (χ4n) is 3.19. The number of nitrogens with zero attached hydrogens (tertiary/aromatic N) is 5. The number of carbonyl (C=O) groups is 1. The number of benzene rings is 1. The quantitative estimate of drug-likeness (QED) is 0.844. The molecule has 2 aliphatic rings. The maximum absolute atomic E-state index is 12.9.